The van der Waals surface area contributed by atoms with Gasteiger partial charge in [-0.25, -0.2) is 4.79 Å². The molecule has 168 valence electrons. The van der Waals surface area contributed by atoms with Gasteiger partial charge in [-0.1, -0.05) is 17.3 Å². The fourth-order valence-electron chi connectivity index (χ4n) is 2.92. The number of benzene rings is 2. The first-order valence-corrected chi connectivity index (χ1v) is 9.59. The van der Waals surface area contributed by atoms with E-state index in [1.165, 1.54) is 21.3 Å². The van der Waals surface area contributed by atoms with Crippen LogP contribution in [-0.4, -0.2) is 43.3 Å². The molecule has 0 radical (unpaired) electrons. The summed E-state index contributed by atoms with van der Waals surface area (Å²) in [4.78, 5) is 28.8. The molecule has 0 aliphatic rings. The summed E-state index contributed by atoms with van der Waals surface area (Å²) < 4.78 is 26.0. The van der Waals surface area contributed by atoms with Gasteiger partial charge in [-0.15, -0.1) is 0 Å². The number of rotatable bonds is 9. The smallest absolute Gasteiger partial charge is 0.338 e. The van der Waals surface area contributed by atoms with Gasteiger partial charge in [0.1, 0.15) is 17.2 Å². The number of esters is 1. The standard InChI is InChI=1S/C22H23N3O7/c1-13-17(29-3)9-14(10-18(13)30-4)22(27)31-12-21-24-19(25-32-21)11-20(26)23-15-7-5-6-8-16(15)28-2/h5-10H,11-12H2,1-4H3,(H,23,26). The number of nitrogens with zero attached hydrogens (tertiary/aromatic N) is 2. The average molecular weight is 441 g/mol. The second-order valence-corrected chi connectivity index (χ2v) is 6.61. The van der Waals surface area contributed by atoms with Crippen molar-refractivity contribution < 1.29 is 33.1 Å². The maximum Gasteiger partial charge on any atom is 0.338 e. The van der Waals surface area contributed by atoms with Crippen LogP contribution in [0.15, 0.2) is 40.9 Å². The molecule has 0 saturated heterocycles. The summed E-state index contributed by atoms with van der Waals surface area (Å²) in [6.07, 6.45) is -0.123. The van der Waals surface area contributed by atoms with E-state index in [1.807, 2.05) is 6.92 Å². The van der Waals surface area contributed by atoms with Gasteiger partial charge in [-0.3, -0.25) is 4.79 Å². The number of ether oxygens (including phenoxy) is 4. The van der Waals surface area contributed by atoms with Gasteiger partial charge >= 0.3 is 5.97 Å². The number of hydrogen-bond acceptors (Lipinski definition) is 9. The van der Waals surface area contributed by atoms with Crippen LogP contribution < -0.4 is 19.5 Å². The topological polar surface area (TPSA) is 122 Å². The van der Waals surface area contributed by atoms with E-state index < -0.39 is 5.97 Å². The summed E-state index contributed by atoms with van der Waals surface area (Å²) in [6.45, 7) is 1.56. The molecule has 1 N–H and O–H groups in total. The fourth-order valence-corrected chi connectivity index (χ4v) is 2.92. The van der Waals surface area contributed by atoms with Crippen LogP contribution in [0.25, 0.3) is 0 Å². The Morgan fingerprint density at radius 1 is 1.00 bits per heavy atom. The number of anilines is 1. The highest BCUT2D eigenvalue weighted by atomic mass is 16.6. The monoisotopic (exact) mass is 441 g/mol. The lowest BCUT2D eigenvalue weighted by atomic mass is 10.1. The largest absolute Gasteiger partial charge is 0.496 e. The molecule has 1 amide bonds. The lowest BCUT2D eigenvalue weighted by Crippen LogP contribution is -2.15. The highest BCUT2D eigenvalue weighted by Crippen LogP contribution is 2.30. The Bertz CT molecular complexity index is 1090. The first-order valence-electron chi connectivity index (χ1n) is 9.59. The van der Waals surface area contributed by atoms with Crippen molar-refractivity contribution in [2.45, 2.75) is 20.0 Å². The second kappa shape index (κ2) is 10.3. The van der Waals surface area contributed by atoms with Crippen LogP contribution in [0.2, 0.25) is 0 Å². The van der Waals surface area contributed by atoms with Gasteiger partial charge in [0.2, 0.25) is 5.91 Å². The third-order valence-corrected chi connectivity index (χ3v) is 4.52. The molecule has 10 heteroatoms. The van der Waals surface area contributed by atoms with Crippen LogP contribution in [0.5, 0.6) is 17.2 Å². The second-order valence-electron chi connectivity index (χ2n) is 6.61. The molecule has 0 spiro atoms. The van der Waals surface area contributed by atoms with E-state index in [0.717, 1.165) is 5.56 Å². The Kier molecular flexibility index (Phi) is 7.27. The minimum absolute atomic E-state index is 0.0597. The highest BCUT2D eigenvalue weighted by molar-refractivity contribution is 5.93. The van der Waals surface area contributed by atoms with E-state index in [1.54, 1.807) is 36.4 Å². The predicted molar refractivity (Wildman–Crippen MR) is 113 cm³/mol. The summed E-state index contributed by atoms with van der Waals surface area (Å²) in [7, 11) is 4.52. The van der Waals surface area contributed by atoms with Crippen LogP contribution >= 0.6 is 0 Å². The van der Waals surface area contributed by atoms with E-state index in [-0.39, 0.29) is 36.2 Å². The summed E-state index contributed by atoms with van der Waals surface area (Å²) in [6, 6.07) is 10.1. The Labute approximate surface area is 184 Å². The Morgan fingerprint density at radius 3 is 2.31 bits per heavy atom. The van der Waals surface area contributed by atoms with Crippen molar-refractivity contribution in [3.8, 4) is 17.2 Å². The van der Waals surface area contributed by atoms with Gasteiger partial charge < -0.3 is 28.8 Å². The lowest BCUT2D eigenvalue weighted by Gasteiger charge is -2.11. The Hall–Kier alpha value is -4.08. The maximum absolute atomic E-state index is 12.4. The zero-order valence-electron chi connectivity index (χ0n) is 18.1. The molecule has 1 aromatic heterocycles. The van der Waals surface area contributed by atoms with Gasteiger partial charge in [0.05, 0.1) is 39.0 Å². The SMILES string of the molecule is COc1ccccc1NC(=O)Cc1noc(COC(=O)c2cc(OC)c(C)c(OC)c2)n1. The van der Waals surface area contributed by atoms with Crippen molar-refractivity contribution in [1.29, 1.82) is 0 Å². The molecule has 0 fully saturated rings. The van der Waals surface area contributed by atoms with Crippen molar-refractivity contribution in [2.24, 2.45) is 0 Å². The Balaban J connectivity index is 1.58. The van der Waals surface area contributed by atoms with E-state index in [9.17, 15) is 9.59 Å². The number of aromatic nitrogens is 2. The molecule has 1 heterocycles. The third-order valence-electron chi connectivity index (χ3n) is 4.52. The Morgan fingerprint density at radius 2 is 1.66 bits per heavy atom. The number of para-hydroxylation sites is 2. The molecule has 0 aliphatic carbocycles. The summed E-state index contributed by atoms with van der Waals surface area (Å²) in [5, 5.41) is 6.47. The molecular weight excluding hydrogens is 418 g/mol. The van der Waals surface area contributed by atoms with Gasteiger partial charge in [0, 0.05) is 5.56 Å². The van der Waals surface area contributed by atoms with Gasteiger partial charge in [0.15, 0.2) is 12.4 Å². The fraction of sp³-hybridized carbons (Fsp3) is 0.273. The number of methoxy groups -OCH3 is 3. The van der Waals surface area contributed by atoms with Gasteiger partial charge in [-0.05, 0) is 31.2 Å². The number of amides is 1. The van der Waals surface area contributed by atoms with Crippen LogP contribution in [0, 0.1) is 6.92 Å². The highest BCUT2D eigenvalue weighted by Gasteiger charge is 2.17. The van der Waals surface area contributed by atoms with Crippen molar-refractivity contribution in [3.05, 3.63) is 59.2 Å². The molecule has 0 atom stereocenters. The normalized spacial score (nSPS) is 10.4. The minimum Gasteiger partial charge on any atom is -0.496 e. The molecular formula is C22H23N3O7. The van der Waals surface area contributed by atoms with E-state index in [0.29, 0.717) is 22.9 Å². The predicted octanol–water partition coefficient (Wildman–Crippen LogP) is 2.94. The minimum atomic E-state index is -0.615. The number of nitrogens with one attached hydrogen (secondary N) is 1. The van der Waals surface area contributed by atoms with E-state index in [4.69, 9.17) is 23.5 Å². The van der Waals surface area contributed by atoms with Crippen LogP contribution in [-0.2, 0) is 22.6 Å². The van der Waals surface area contributed by atoms with Crippen molar-refractivity contribution >= 4 is 17.6 Å². The van der Waals surface area contributed by atoms with Crippen LogP contribution in [0.4, 0.5) is 5.69 Å². The van der Waals surface area contributed by atoms with Gasteiger partial charge in [0.25, 0.3) is 5.89 Å². The van der Waals surface area contributed by atoms with Crippen LogP contribution in [0.1, 0.15) is 27.6 Å². The first kappa shape index (κ1) is 22.6. The summed E-state index contributed by atoms with van der Waals surface area (Å²) in [5.74, 6) is 0.778. The number of carbonyl (C=O) groups is 2. The van der Waals surface area contributed by atoms with Crippen molar-refractivity contribution in [3.63, 3.8) is 0 Å². The molecule has 3 aromatic rings. The lowest BCUT2D eigenvalue weighted by molar-refractivity contribution is -0.115. The molecule has 0 unspecified atom stereocenters. The average Bonchev–Trinajstić information content (AvgIpc) is 3.24. The van der Waals surface area contributed by atoms with Crippen molar-refractivity contribution in [2.75, 3.05) is 26.6 Å². The van der Waals surface area contributed by atoms with E-state index in [2.05, 4.69) is 15.5 Å². The van der Waals surface area contributed by atoms with Crippen LogP contribution in [0.3, 0.4) is 0 Å². The summed E-state index contributed by atoms with van der Waals surface area (Å²) >= 11 is 0. The number of carbonyl (C=O) groups excluding carboxylic acids is 2. The quantitative estimate of drug-likeness (QED) is 0.499. The molecule has 0 saturated carbocycles. The molecule has 10 nitrogen and oxygen atoms in total. The van der Waals surface area contributed by atoms with E-state index >= 15 is 0 Å². The maximum atomic E-state index is 12.4. The number of hydrogen-bond donors (Lipinski definition) is 1. The third kappa shape index (κ3) is 5.34. The molecule has 3 rings (SSSR count). The molecule has 0 aliphatic heterocycles. The summed E-state index contributed by atoms with van der Waals surface area (Å²) in [5.41, 5.74) is 1.54. The van der Waals surface area contributed by atoms with Gasteiger partial charge in [-0.2, -0.15) is 4.98 Å². The zero-order valence-corrected chi connectivity index (χ0v) is 18.1. The van der Waals surface area contributed by atoms with Crippen molar-refractivity contribution in [1.82, 2.24) is 10.1 Å². The zero-order chi connectivity index (χ0) is 23.1. The molecule has 0 bridgehead atoms. The first-order chi connectivity index (χ1) is 15.4. The molecule has 32 heavy (non-hydrogen) atoms. The molecule has 2 aromatic carbocycles.